The lowest BCUT2D eigenvalue weighted by Gasteiger charge is -2.12. The van der Waals surface area contributed by atoms with Crippen LogP contribution in [0.5, 0.6) is 0 Å². The summed E-state index contributed by atoms with van der Waals surface area (Å²) in [7, 11) is 0. The number of imide groups is 1. The van der Waals surface area contributed by atoms with E-state index in [1.54, 1.807) is 41.1 Å². The third-order valence-electron chi connectivity index (χ3n) is 5.83. The van der Waals surface area contributed by atoms with Crippen LogP contribution in [0.1, 0.15) is 5.56 Å². The van der Waals surface area contributed by atoms with Crippen LogP contribution in [-0.4, -0.2) is 39.0 Å². The van der Waals surface area contributed by atoms with Gasteiger partial charge in [-0.05, 0) is 66.4 Å². The van der Waals surface area contributed by atoms with E-state index in [-0.39, 0.29) is 17.4 Å². The fourth-order valence-electron chi connectivity index (χ4n) is 4.10. The van der Waals surface area contributed by atoms with Crippen molar-refractivity contribution in [2.75, 3.05) is 17.2 Å². The molecule has 5 rings (SSSR count). The maximum atomic E-state index is 13.2. The Hall–Kier alpha value is -4.41. The van der Waals surface area contributed by atoms with E-state index in [2.05, 4.69) is 10.6 Å². The molecule has 11 heteroatoms. The van der Waals surface area contributed by atoms with Crippen molar-refractivity contribution in [1.82, 2.24) is 9.47 Å². The summed E-state index contributed by atoms with van der Waals surface area (Å²) in [6.45, 7) is -0.475. The Bertz CT molecular complexity index is 1650. The van der Waals surface area contributed by atoms with E-state index < -0.39 is 29.4 Å². The number of benzene rings is 3. The number of thioether (sulfide) groups is 1. The SMILES string of the molecule is O=C(CN1C(=O)S/C(=C\c2cn(CC(=O)Nc3ccc(F)cc3)c3ccccc23)C1=O)Nc1cccc(Cl)c1. The Morgan fingerprint density at radius 3 is 2.38 bits per heavy atom. The number of para-hydroxylation sites is 1. The quantitative estimate of drug-likeness (QED) is 0.279. The minimum atomic E-state index is -0.586. The average molecular weight is 563 g/mol. The van der Waals surface area contributed by atoms with Crippen LogP contribution in [-0.2, 0) is 20.9 Å². The number of hydrogen-bond donors (Lipinski definition) is 2. The van der Waals surface area contributed by atoms with Crippen molar-refractivity contribution in [1.29, 1.82) is 0 Å². The molecule has 1 aromatic heterocycles. The summed E-state index contributed by atoms with van der Waals surface area (Å²) >= 11 is 6.68. The van der Waals surface area contributed by atoms with Crippen LogP contribution < -0.4 is 10.6 Å². The van der Waals surface area contributed by atoms with Crippen LogP contribution in [0.3, 0.4) is 0 Å². The number of aromatic nitrogens is 1. The highest BCUT2D eigenvalue weighted by molar-refractivity contribution is 8.18. The Morgan fingerprint density at radius 1 is 0.897 bits per heavy atom. The van der Waals surface area contributed by atoms with E-state index in [4.69, 9.17) is 11.6 Å². The zero-order chi connectivity index (χ0) is 27.5. The molecule has 196 valence electrons. The van der Waals surface area contributed by atoms with Gasteiger partial charge in [-0.25, -0.2) is 4.39 Å². The third kappa shape index (κ3) is 6.02. The maximum Gasteiger partial charge on any atom is 0.294 e. The van der Waals surface area contributed by atoms with Gasteiger partial charge < -0.3 is 15.2 Å². The first-order valence-corrected chi connectivity index (χ1v) is 12.9. The monoisotopic (exact) mass is 562 g/mol. The highest BCUT2D eigenvalue weighted by atomic mass is 35.5. The summed E-state index contributed by atoms with van der Waals surface area (Å²) in [6, 6.07) is 19.3. The van der Waals surface area contributed by atoms with Gasteiger partial charge in [0.05, 0.1) is 4.91 Å². The summed E-state index contributed by atoms with van der Waals surface area (Å²) in [5.41, 5.74) is 2.30. The molecule has 3 aromatic carbocycles. The standard InChI is InChI=1S/C28H20ClFN4O4S/c29-18-4-3-5-21(13-18)32-26(36)16-34-27(37)24(39-28(34)38)12-17-14-33(23-7-2-1-6-22(17)23)15-25(35)31-20-10-8-19(30)9-11-20/h1-14H,15-16H2,(H,31,35)(H,32,36)/b24-12-. The number of hydrogen-bond acceptors (Lipinski definition) is 5. The smallest absolute Gasteiger partial charge is 0.294 e. The van der Waals surface area contributed by atoms with Crippen LogP contribution in [0.15, 0.2) is 83.9 Å². The van der Waals surface area contributed by atoms with Crippen molar-refractivity contribution >= 4 is 74.7 Å². The van der Waals surface area contributed by atoms with Gasteiger partial charge in [0.25, 0.3) is 11.1 Å². The molecule has 39 heavy (non-hydrogen) atoms. The number of rotatable bonds is 7. The minimum absolute atomic E-state index is 0.0309. The fraction of sp³-hybridized carbons (Fsp3) is 0.0714. The zero-order valence-electron chi connectivity index (χ0n) is 20.2. The van der Waals surface area contributed by atoms with E-state index in [1.807, 2.05) is 24.3 Å². The molecule has 0 atom stereocenters. The second-order valence-electron chi connectivity index (χ2n) is 8.61. The number of carbonyl (C=O) groups is 4. The molecule has 0 spiro atoms. The van der Waals surface area contributed by atoms with Gasteiger partial charge in [0.2, 0.25) is 11.8 Å². The van der Waals surface area contributed by atoms with E-state index >= 15 is 0 Å². The molecule has 4 aromatic rings. The minimum Gasteiger partial charge on any atom is -0.337 e. The van der Waals surface area contributed by atoms with Gasteiger partial charge in [-0.1, -0.05) is 35.9 Å². The number of anilines is 2. The van der Waals surface area contributed by atoms with Crippen molar-refractivity contribution in [3.8, 4) is 0 Å². The summed E-state index contributed by atoms with van der Waals surface area (Å²) in [4.78, 5) is 51.8. The predicted molar refractivity (Wildman–Crippen MR) is 150 cm³/mol. The van der Waals surface area contributed by atoms with Crippen molar-refractivity contribution in [2.45, 2.75) is 6.54 Å². The largest absolute Gasteiger partial charge is 0.337 e. The van der Waals surface area contributed by atoms with Crippen molar-refractivity contribution in [2.24, 2.45) is 0 Å². The van der Waals surface area contributed by atoms with Crippen LogP contribution in [0.2, 0.25) is 5.02 Å². The molecular weight excluding hydrogens is 543 g/mol. The predicted octanol–water partition coefficient (Wildman–Crippen LogP) is 5.75. The molecule has 8 nitrogen and oxygen atoms in total. The maximum absolute atomic E-state index is 13.2. The first kappa shape index (κ1) is 26.2. The first-order valence-electron chi connectivity index (χ1n) is 11.7. The lowest BCUT2D eigenvalue weighted by molar-refractivity contribution is -0.127. The Labute approximate surface area is 231 Å². The molecule has 1 fully saturated rings. The molecule has 1 saturated heterocycles. The van der Waals surface area contributed by atoms with E-state index in [9.17, 15) is 23.6 Å². The highest BCUT2D eigenvalue weighted by Crippen LogP contribution is 2.34. The second-order valence-corrected chi connectivity index (χ2v) is 10.0. The Kier molecular flexibility index (Phi) is 7.49. The van der Waals surface area contributed by atoms with Gasteiger partial charge in [0, 0.05) is 39.1 Å². The Balaban J connectivity index is 1.33. The van der Waals surface area contributed by atoms with Gasteiger partial charge in [-0.2, -0.15) is 0 Å². The topological polar surface area (TPSA) is 101 Å². The van der Waals surface area contributed by atoms with Crippen LogP contribution in [0.4, 0.5) is 20.6 Å². The lowest BCUT2D eigenvalue weighted by Crippen LogP contribution is -2.36. The Morgan fingerprint density at radius 2 is 1.62 bits per heavy atom. The number of halogens is 2. The van der Waals surface area contributed by atoms with E-state index in [0.29, 0.717) is 22.0 Å². The first-order chi connectivity index (χ1) is 18.8. The summed E-state index contributed by atoms with van der Waals surface area (Å²) < 4.78 is 14.9. The molecule has 4 amide bonds. The third-order valence-corrected chi connectivity index (χ3v) is 6.97. The van der Waals surface area contributed by atoms with E-state index in [1.165, 1.54) is 24.3 Å². The van der Waals surface area contributed by atoms with Gasteiger partial charge in [-0.15, -0.1) is 0 Å². The number of nitrogens with one attached hydrogen (secondary N) is 2. The normalized spacial score (nSPS) is 14.3. The van der Waals surface area contributed by atoms with Crippen LogP contribution in [0, 0.1) is 5.82 Å². The summed E-state index contributed by atoms with van der Waals surface area (Å²) in [5, 5.41) is 6.00. The van der Waals surface area contributed by atoms with Crippen LogP contribution >= 0.6 is 23.4 Å². The number of nitrogens with zero attached hydrogens (tertiary/aromatic N) is 2. The van der Waals surface area contributed by atoms with Crippen molar-refractivity contribution < 1.29 is 23.6 Å². The van der Waals surface area contributed by atoms with E-state index in [0.717, 1.165) is 27.6 Å². The molecule has 2 heterocycles. The zero-order valence-corrected chi connectivity index (χ0v) is 21.8. The van der Waals surface area contributed by atoms with Gasteiger partial charge in [0.1, 0.15) is 18.9 Å². The molecule has 0 saturated carbocycles. The van der Waals surface area contributed by atoms with Gasteiger partial charge >= 0.3 is 0 Å². The molecule has 0 bridgehead atoms. The van der Waals surface area contributed by atoms with Crippen molar-refractivity contribution in [3.63, 3.8) is 0 Å². The summed E-state index contributed by atoms with van der Waals surface area (Å²) in [5.74, 6) is -1.85. The fourth-order valence-corrected chi connectivity index (χ4v) is 5.12. The molecule has 1 aliphatic rings. The number of carbonyl (C=O) groups excluding carboxylic acids is 4. The molecule has 0 unspecified atom stereocenters. The lowest BCUT2D eigenvalue weighted by atomic mass is 10.1. The highest BCUT2D eigenvalue weighted by Gasteiger charge is 2.36. The van der Waals surface area contributed by atoms with Crippen molar-refractivity contribution in [3.05, 3.63) is 100 Å². The van der Waals surface area contributed by atoms with Gasteiger partial charge in [-0.3, -0.25) is 24.1 Å². The molecule has 2 N–H and O–H groups in total. The molecule has 0 radical (unpaired) electrons. The number of amides is 4. The summed E-state index contributed by atoms with van der Waals surface area (Å²) in [6.07, 6.45) is 3.30. The van der Waals surface area contributed by atoms with Crippen LogP contribution in [0.25, 0.3) is 17.0 Å². The second kappa shape index (κ2) is 11.1. The average Bonchev–Trinajstić information content (AvgIpc) is 3.37. The molecule has 1 aliphatic heterocycles. The number of fused-ring (bicyclic) bond motifs is 1. The molecular formula is C28H20ClFN4O4S. The molecule has 0 aliphatic carbocycles. The van der Waals surface area contributed by atoms with Gasteiger partial charge in [0.15, 0.2) is 0 Å².